The smallest absolute Gasteiger partial charge is 0.0785 e. The standard InChI is InChI=1S/C8H6BrClN2S/c9-8-2-1-7(13-8)5-12-4-6(10)3-11-12/h1-4H,5H2. The third kappa shape index (κ3) is 2.33. The van der Waals surface area contributed by atoms with E-state index in [9.17, 15) is 0 Å². The summed E-state index contributed by atoms with van der Waals surface area (Å²) in [6, 6.07) is 4.11. The van der Waals surface area contributed by atoms with E-state index >= 15 is 0 Å². The van der Waals surface area contributed by atoms with E-state index in [1.54, 1.807) is 17.5 Å². The van der Waals surface area contributed by atoms with Crippen LogP contribution >= 0.6 is 38.9 Å². The molecule has 0 aromatic carbocycles. The van der Waals surface area contributed by atoms with Gasteiger partial charge in [-0.05, 0) is 28.1 Å². The van der Waals surface area contributed by atoms with Crippen LogP contribution in [0.15, 0.2) is 28.3 Å². The van der Waals surface area contributed by atoms with Crippen LogP contribution in [-0.4, -0.2) is 9.78 Å². The quantitative estimate of drug-likeness (QED) is 0.822. The van der Waals surface area contributed by atoms with Crippen molar-refractivity contribution in [3.63, 3.8) is 0 Å². The highest BCUT2D eigenvalue weighted by Crippen LogP contribution is 2.22. The molecular weight excluding hydrogens is 272 g/mol. The molecule has 0 aliphatic carbocycles. The molecule has 2 rings (SSSR count). The lowest BCUT2D eigenvalue weighted by molar-refractivity contribution is 0.695. The maximum atomic E-state index is 5.74. The van der Waals surface area contributed by atoms with Crippen LogP contribution in [0.3, 0.4) is 0 Å². The van der Waals surface area contributed by atoms with Crippen LogP contribution in [0, 0.1) is 0 Å². The van der Waals surface area contributed by atoms with Gasteiger partial charge >= 0.3 is 0 Å². The van der Waals surface area contributed by atoms with E-state index in [-0.39, 0.29) is 0 Å². The zero-order valence-electron chi connectivity index (χ0n) is 6.58. The van der Waals surface area contributed by atoms with Crippen molar-refractivity contribution < 1.29 is 0 Å². The van der Waals surface area contributed by atoms with Crippen molar-refractivity contribution in [3.8, 4) is 0 Å². The SMILES string of the molecule is Clc1cnn(Cc2ccc(Br)s2)c1. The minimum Gasteiger partial charge on any atom is -0.266 e. The summed E-state index contributed by atoms with van der Waals surface area (Å²) in [6.45, 7) is 0.781. The van der Waals surface area contributed by atoms with Gasteiger partial charge in [0.25, 0.3) is 0 Å². The third-order valence-corrected chi connectivity index (χ3v) is 3.35. The van der Waals surface area contributed by atoms with Crippen molar-refractivity contribution in [2.75, 3.05) is 0 Å². The molecule has 2 aromatic rings. The Morgan fingerprint density at radius 3 is 2.92 bits per heavy atom. The predicted molar refractivity (Wildman–Crippen MR) is 58.4 cm³/mol. The number of hydrogen-bond acceptors (Lipinski definition) is 2. The Hall–Kier alpha value is -0.320. The summed E-state index contributed by atoms with van der Waals surface area (Å²) < 4.78 is 2.96. The summed E-state index contributed by atoms with van der Waals surface area (Å²) in [5.74, 6) is 0. The lowest BCUT2D eigenvalue weighted by atomic mass is 10.5. The Morgan fingerprint density at radius 1 is 1.54 bits per heavy atom. The molecule has 2 aromatic heterocycles. The second-order valence-corrected chi connectivity index (χ2v) is 5.55. The lowest BCUT2D eigenvalue weighted by Crippen LogP contribution is -1.96. The Kier molecular flexibility index (Phi) is 2.71. The first kappa shape index (κ1) is 9.24. The maximum Gasteiger partial charge on any atom is 0.0785 e. The van der Waals surface area contributed by atoms with E-state index < -0.39 is 0 Å². The molecule has 0 radical (unpaired) electrons. The highest BCUT2D eigenvalue weighted by atomic mass is 79.9. The van der Waals surface area contributed by atoms with Gasteiger partial charge in [0, 0.05) is 11.1 Å². The molecule has 0 saturated heterocycles. The third-order valence-electron chi connectivity index (χ3n) is 1.55. The molecule has 0 N–H and O–H groups in total. The van der Waals surface area contributed by atoms with E-state index in [0.29, 0.717) is 5.02 Å². The maximum absolute atomic E-state index is 5.74. The number of nitrogens with zero attached hydrogens (tertiary/aromatic N) is 2. The normalized spacial score (nSPS) is 10.6. The average Bonchev–Trinajstić information content (AvgIpc) is 2.62. The molecule has 2 nitrogen and oxygen atoms in total. The first-order valence-corrected chi connectivity index (χ1v) is 5.65. The van der Waals surface area contributed by atoms with Crippen LogP contribution in [0.25, 0.3) is 0 Å². The highest BCUT2D eigenvalue weighted by molar-refractivity contribution is 9.11. The number of hydrogen-bond donors (Lipinski definition) is 0. The average molecular weight is 278 g/mol. The van der Waals surface area contributed by atoms with Crippen LogP contribution in [0.5, 0.6) is 0 Å². The van der Waals surface area contributed by atoms with Gasteiger partial charge in [0.2, 0.25) is 0 Å². The minimum absolute atomic E-state index is 0.677. The molecule has 0 unspecified atom stereocenters. The van der Waals surface area contributed by atoms with Gasteiger partial charge in [0.05, 0.1) is 21.6 Å². The van der Waals surface area contributed by atoms with Crippen molar-refractivity contribution in [2.24, 2.45) is 0 Å². The van der Waals surface area contributed by atoms with Gasteiger partial charge in [-0.3, -0.25) is 4.68 Å². The van der Waals surface area contributed by atoms with Crippen LogP contribution < -0.4 is 0 Å². The van der Waals surface area contributed by atoms with Crippen LogP contribution in [0.1, 0.15) is 4.88 Å². The highest BCUT2D eigenvalue weighted by Gasteiger charge is 2.00. The monoisotopic (exact) mass is 276 g/mol. The van der Waals surface area contributed by atoms with E-state index in [2.05, 4.69) is 27.1 Å². The van der Waals surface area contributed by atoms with Crippen molar-refractivity contribution in [3.05, 3.63) is 38.2 Å². The number of rotatable bonds is 2. The van der Waals surface area contributed by atoms with Crippen molar-refractivity contribution in [1.29, 1.82) is 0 Å². The molecule has 68 valence electrons. The van der Waals surface area contributed by atoms with E-state index in [4.69, 9.17) is 11.6 Å². The molecule has 0 bridgehead atoms. The molecule has 0 amide bonds. The molecule has 13 heavy (non-hydrogen) atoms. The van der Waals surface area contributed by atoms with Gasteiger partial charge in [-0.15, -0.1) is 11.3 Å². The molecular formula is C8H6BrClN2S. The Bertz CT molecular complexity index is 371. The number of halogens is 2. The van der Waals surface area contributed by atoms with Gasteiger partial charge < -0.3 is 0 Å². The summed E-state index contributed by atoms with van der Waals surface area (Å²) >= 11 is 10.9. The fourth-order valence-corrected chi connectivity index (χ4v) is 2.65. The first-order valence-electron chi connectivity index (χ1n) is 3.66. The molecule has 0 aliphatic rings. The molecule has 2 heterocycles. The summed E-state index contributed by atoms with van der Waals surface area (Å²) in [5.41, 5.74) is 0. The Labute approximate surface area is 93.3 Å². The van der Waals surface area contributed by atoms with E-state index in [0.717, 1.165) is 10.3 Å². The predicted octanol–water partition coefficient (Wildman–Crippen LogP) is 3.41. The zero-order valence-corrected chi connectivity index (χ0v) is 9.73. The molecule has 0 aliphatic heterocycles. The van der Waals surface area contributed by atoms with Crippen molar-refractivity contribution in [1.82, 2.24) is 9.78 Å². The van der Waals surface area contributed by atoms with E-state index in [1.807, 2.05) is 16.9 Å². The van der Waals surface area contributed by atoms with Gasteiger partial charge in [0.1, 0.15) is 0 Å². The largest absolute Gasteiger partial charge is 0.266 e. The summed E-state index contributed by atoms with van der Waals surface area (Å²) in [6.07, 6.45) is 3.46. The summed E-state index contributed by atoms with van der Waals surface area (Å²) in [7, 11) is 0. The Balaban J connectivity index is 2.14. The molecule has 5 heteroatoms. The second kappa shape index (κ2) is 3.82. The molecule has 0 saturated carbocycles. The first-order chi connectivity index (χ1) is 6.24. The van der Waals surface area contributed by atoms with Crippen molar-refractivity contribution in [2.45, 2.75) is 6.54 Å². The Morgan fingerprint density at radius 2 is 2.38 bits per heavy atom. The van der Waals surface area contributed by atoms with Crippen LogP contribution in [-0.2, 0) is 6.54 Å². The van der Waals surface area contributed by atoms with E-state index in [1.165, 1.54) is 4.88 Å². The lowest BCUT2D eigenvalue weighted by Gasteiger charge is -1.95. The molecule has 0 atom stereocenters. The van der Waals surface area contributed by atoms with Gasteiger partial charge in [-0.2, -0.15) is 5.10 Å². The minimum atomic E-state index is 0.677. The molecule has 0 spiro atoms. The van der Waals surface area contributed by atoms with Crippen LogP contribution in [0.2, 0.25) is 5.02 Å². The van der Waals surface area contributed by atoms with Gasteiger partial charge in [0.15, 0.2) is 0 Å². The summed E-state index contributed by atoms with van der Waals surface area (Å²) in [4.78, 5) is 1.26. The topological polar surface area (TPSA) is 17.8 Å². The van der Waals surface area contributed by atoms with Crippen LogP contribution in [0.4, 0.5) is 0 Å². The van der Waals surface area contributed by atoms with Gasteiger partial charge in [-0.1, -0.05) is 11.6 Å². The van der Waals surface area contributed by atoms with Gasteiger partial charge in [-0.25, -0.2) is 0 Å². The van der Waals surface area contributed by atoms with Crippen molar-refractivity contribution >= 4 is 38.9 Å². The zero-order chi connectivity index (χ0) is 9.26. The number of aromatic nitrogens is 2. The fraction of sp³-hybridized carbons (Fsp3) is 0.125. The molecule has 0 fully saturated rings. The summed E-state index contributed by atoms with van der Waals surface area (Å²) in [5, 5.41) is 4.77. The second-order valence-electron chi connectivity index (χ2n) is 2.56. The fourth-order valence-electron chi connectivity index (χ4n) is 1.02. The number of thiophene rings is 1.